The third-order valence-corrected chi connectivity index (χ3v) is 5.89. The second kappa shape index (κ2) is 8.92. The maximum absolute atomic E-state index is 12.8. The van der Waals surface area contributed by atoms with Crippen molar-refractivity contribution >= 4 is 34.2 Å². The van der Waals surface area contributed by atoms with Crippen LogP contribution in [-0.2, 0) is 6.18 Å². The van der Waals surface area contributed by atoms with Crippen LogP contribution in [0.1, 0.15) is 15.9 Å². The van der Waals surface area contributed by atoms with Crippen molar-refractivity contribution in [1.29, 1.82) is 0 Å². The van der Waals surface area contributed by atoms with Crippen LogP contribution in [-0.4, -0.2) is 15.9 Å². The van der Waals surface area contributed by atoms with Crippen molar-refractivity contribution in [2.24, 2.45) is 0 Å². The summed E-state index contributed by atoms with van der Waals surface area (Å²) in [5, 5.41) is 3.34. The molecule has 2 N–H and O–H groups in total. The minimum Gasteiger partial charge on any atom is -0.338 e. The highest BCUT2D eigenvalue weighted by Crippen LogP contribution is 2.32. The van der Waals surface area contributed by atoms with Gasteiger partial charge < -0.3 is 10.3 Å². The highest BCUT2D eigenvalue weighted by atomic mass is 35.5. The molecule has 5 rings (SSSR count). The molecule has 35 heavy (non-hydrogen) atoms. The van der Waals surface area contributed by atoms with Crippen LogP contribution in [0.25, 0.3) is 33.5 Å². The summed E-state index contributed by atoms with van der Waals surface area (Å²) in [6.45, 7) is 0. The predicted molar refractivity (Wildman–Crippen MR) is 131 cm³/mol. The van der Waals surface area contributed by atoms with Gasteiger partial charge in [-0.15, -0.1) is 0 Å². The van der Waals surface area contributed by atoms with E-state index in [2.05, 4.69) is 15.3 Å². The SMILES string of the molecule is O=C(Nc1ccc(Cl)c(-c2nc3ccccc3[nH]2)c1)c1ccc(-c2ccc(C(F)(F)F)cc2)cc1. The van der Waals surface area contributed by atoms with Gasteiger partial charge >= 0.3 is 6.18 Å². The molecule has 0 bridgehead atoms. The van der Waals surface area contributed by atoms with Gasteiger partial charge in [0.15, 0.2) is 0 Å². The summed E-state index contributed by atoms with van der Waals surface area (Å²) in [5.74, 6) is 0.259. The van der Waals surface area contributed by atoms with E-state index in [0.29, 0.717) is 38.8 Å². The quantitative estimate of drug-likeness (QED) is 0.269. The van der Waals surface area contributed by atoms with E-state index in [1.54, 1.807) is 42.5 Å². The first-order chi connectivity index (χ1) is 16.8. The van der Waals surface area contributed by atoms with Gasteiger partial charge in [0.1, 0.15) is 5.82 Å². The Morgan fingerprint density at radius 2 is 1.51 bits per heavy atom. The summed E-state index contributed by atoms with van der Waals surface area (Å²) in [6.07, 6.45) is -4.38. The van der Waals surface area contributed by atoms with Gasteiger partial charge in [-0.2, -0.15) is 13.2 Å². The van der Waals surface area contributed by atoms with Crippen LogP contribution in [0.3, 0.4) is 0 Å². The van der Waals surface area contributed by atoms with Crippen molar-refractivity contribution in [3.63, 3.8) is 0 Å². The molecule has 4 nitrogen and oxygen atoms in total. The third-order valence-electron chi connectivity index (χ3n) is 5.56. The second-order valence-electron chi connectivity index (χ2n) is 7.90. The molecule has 0 aliphatic rings. The molecular weight excluding hydrogens is 475 g/mol. The number of rotatable bonds is 4. The number of imidazole rings is 1. The Morgan fingerprint density at radius 1 is 0.857 bits per heavy atom. The average molecular weight is 492 g/mol. The summed E-state index contributed by atoms with van der Waals surface area (Å²) in [4.78, 5) is 20.6. The van der Waals surface area contributed by atoms with E-state index < -0.39 is 11.7 Å². The van der Waals surface area contributed by atoms with Crippen LogP contribution in [0.2, 0.25) is 5.02 Å². The standard InChI is InChI=1S/C27H17ClF3N3O/c28-22-14-13-20(15-21(22)25-33-23-3-1-2-4-24(23)34-25)32-26(35)18-7-5-16(6-8-18)17-9-11-19(12-10-17)27(29,30)31/h1-15H,(H,32,35)(H,33,34). The minimum absolute atomic E-state index is 0.332. The van der Waals surface area contributed by atoms with Crippen LogP contribution in [0.4, 0.5) is 18.9 Å². The van der Waals surface area contributed by atoms with Crippen molar-refractivity contribution in [2.45, 2.75) is 6.18 Å². The van der Waals surface area contributed by atoms with Crippen molar-refractivity contribution in [3.05, 3.63) is 107 Å². The van der Waals surface area contributed by atoms with E-state index in [0.717, 1.165) is 23.2 Å². The monoisotopic (exact) mass is 491 g/mol. The zero-order valence-corrected chi connectivity index (χ0v) is 18.8. The minimum atomic E-state index is -4.38. The van der Waals surface area contributed by atoms with Crippen LogP contribution in [0.15, 0.2) is 91.0 Å². The lowest BCUT2D eigenvalue weighted by atomic mass is 10.0. The van der Waals surface area contributed by atoms with Crippen molar-refractivity contribution in [2.75, 3.05) is 5.32 Å². The lowest BCUT2D eigenvalue weighted by molar-refractivity contribution is -0.137. The van der Waals surface area contributed by atoms with Gasteiger partial charge in [0.2, 0.25) is 0 Å². The zero-order valence-electron chi connectivity index (χ0n) is 18.0. The Hall–Kier alpha value is -4.10. The fraction of sp³-hybridized carbons (Fsp3) is 0.0370. The lowest BCUT2D eigenvalue weighted by Gasteiger charge is -2.10. The molecule has 174 valence electrons. The van der Waals surface area contributed by atoms with Crippen LogP contribution in [0, 0.1) is 0 Å². The van der Waals surface area contributed by atoms with E-state index >= 15 is 0 Å². The summed E-state index contributed by atoms with van der Waals surface area (Å²) in [5.41, 5.74) is 3.90. The molecule has 0 unspecified atom stereocenters. The molecule has 0 saturated heterocycles. The van der Waals surface area contributed by atoms with Gasteiger partial charge in [-0.25, -0.2) is 4.98 Å². The highest BCUT2D eigenvalue weighted by Gasteiger charge is 2.29. The number of H-pyrrole nitrogens is 1. The van der Waals surface area contributed by atoms with Crippen LogP contribution in [0.5, 0.6) is 0 Å². The summed E-state index contributed by atoms with van der Waals surface area (Å²) >= 11 is 6.39. The topological polar surface area (TPSA) is 57.8 Å². The normalized spacial score (nSPS) is 11.5. The molecule has 0 radical (unpaired) electrons. The summed E-state index contributed by atoms with van der Waals surface area (Å²) in [7, 11) is 0. The first-order valence-corrected chi connectivity index (χ1v) is 11.0. The Morgan fingerprint density at radius 3 is 2.17 bits per heavy atom. The molecule has 8 heteroatoms. The number of nitrogens with zero attached hydrogens (tertiary/aromatic N) is 1. The number of aromatic amines is 1. The van der Waals surface area contributed by atoms with Gasteiger partial charge in [0.25, 0.3) is 5.91 Å². The Balaban J connectivity index is 1.34. The highest BCUT2D eigenvalue weighted by molar-refractivity contribution is 6.33. The zero-order chi connectivity index (χ0) is 24.6. The molecule has 1 amide bonds. The van der Waals surface area contributed by atoms with Gasteiger partial charge in [0, 0.05) is 16.8 Å². The molecule has 1 aromatic heterocycles. The third kappa shape index (κ3) is 4.76. The van der Waals surface area contributed by atoms with Crippen LogP contribution >= 0.6 is 11.6 Å². The molecule has 0 spiro atoms. The van der Waals surface area contributed by atoms with Crippen molar-refractivity contribution < 1.29 is 18.0 Å². The van der Waals surface area contributed by atoms with Crippen molar-refractivity contribution in [3.8, 4) is 22.5 Å². The number of fused-ring (bicyclic) bond motifs is 1. The maximum atomic E-state index is 12.8. The number of benzene rings is 4. The van der Waals surface area contributed by atoms with E-state index in [9.17, 15) is 18.0 Å². The number of halogens is 4. The largest absolute Gasteiger partial charge is 0.416 e. The van der Waals surface area contributed by atoms with E-state index in [1.807, 2.05) is 24.3 Å². The van der Waals surface area contributed by atoms with Crippen LogP contribution < -0.4 is 5.32 Å². The second-order valence-corrected chi connectivity index (χ2v) is 8.31. The number of hydrogen-bond acceptors (Lipinski definition) is 2. The lowest BCUT2D eigenvalue weighted by Crippen LogP contribution is -2.11. The van der Waals surface area contributed by atoms with E-state index in [1.165, 1.54) is 12.1 Å². The molecule has 0 atom stereocenters. The first-order valence-electron chi connectivity index (χ1n) is 10.6. The molecule has 0 aliphatic heterocycles. The number of nitrogens with one attached hydrogen (secondary N) is 2. The van der Waals surface area contributed by atoms with E-state index in [4.69, 9.17) is 11.6 Å². The fourth-order valence-electron chi connectivity index (χ4n) is 3.73. The number of carbonyl (C=O) groups is 1. The fourth-order valence-corrected chi connectivity index (χ4v) is 3.94. The summed E-state index contributed by atoms with van der Waals surface area (Å²) < 4.78 is 38.3. The molecule has 5 aromatic rings. The van der Waals surface area contributed by atoms with Crippen molar-refractivity contribution in [1.82, 2.24) is 9.97 Å². The van der Waals surface area contributed by atoms with E-state index in [-0.39, 0.29) is 5.91 Å². The maximum Gasteiger partial charge on any atom is 0.416 e. The number of anilines is 1. The number of hydrogen-bond donors (Lipinski definition) is 2. The molecule has 0 saturated carbocycles. The predicted octanol–water partition coefficient (Wildman–Crippen LogP) is 7.82. The Kier molecular flexibility index (Phi) is 5.78. The van der Waals surface area contributed by atoms with Gasteiger partial charge in [-0.3, -0.25) is 4.79 Å². The molecule has 1 heterocycles. The van der Waals surface area contributed by atoms with Gasteiger partial charge in [-0.1, -0.05) is 48.0 Å². The first kappa shape index (κ1) is 22.7. The molecule has 0 aliphatic carbocycles. The number of para-hydroxylation sites is 2. The number of aromatic nitrogens is 2. The number of amides is 1. The number of carbonyl (C=O) groups excluding carboxylic acids is 1. The average Bonchev–Trinajstić information content (AvgIpc) is 3.29. The summed E-state index contributed by atoms with van der Waals surface area (Å²) in [6, 6.07) is 24.3. The van der Waals surface area contributed by atoms with Gasteiger partial charge in [-0.05, 0) is 65.7 Å². The smallest absolute Gasteiger partial charge is 0.338 e. The Labute approximate surface area is 203 Å². The Bertz CT molecular complexity index is 1490. The molecule has 0 fully saturated rings. The molecule has 4 aromatic carbocycles. The van der Waals surface area contributed by atoms with Gasteiger partial charge in [0.05, 0.1) is 21.6 Å². The molecular formula is C27H17ClF3N3O. The number of alkyl halides is 3.